The summed E-state index contributed by atoms with van der Waals surface area (Å²) in [5.41, 5.74) is 1.38. The number of methoxy groups -OCH3 is 1. The molecule has 0 saturated carbocycles. The van der Waals surface area contributed by atoms with Crippen molar-refractivity contribution in [2.24, 2.45) is 0 Å². The van der Waals surface area contributed by atoms with Crippen LogP contribution in [0.15, 0.2) is 30.3 Å². The van der Waals surface area contributed by atoms with Crippen LogP contribution in [0.5, 0.6) is 0 Å². The monoisotopic (exact) mass is 290 g/mol. The predicted molar refractivity (Wildman–Crippen MR) is 84.0 cm³/mol. The molecule has 0 N–H and O–H groups in total. The smallest absolute Gasteiger partial charge is 0.306 e. The lowest BCUT2D eigenvalue weighted by Gasteiger charge is -2.36. The molecular formula is C17H26N2O2. The number of rotatable bonds is 6. The second-order valence-corrected chi connectivity index (χ2v) is 5.80. The number of hydrogen-bond acceptors (Lipinski definition) is 4. The van der Waals surface area contributed by atoms with Crippen molar-refractivity contribution < 1.29 is 9.53 Å². The van der Waals surface area contributed by atoms with Gasteiger partial charge in [0, 0.05) is 19.1 Å². The van der Waals surface area contributed by atoms with Gasteiger partial charge in [-0.15, -0.1) is 0 Å². The Labute approximate surface area is 127 Å². The lowest BCUT2D eigenvalue weighted by Crippen LogP contribution is -2.43. The molecule has 0 aliphatic carbocycles. The molecule has 1 aliphatic rings. The number of piperidine rings is 1. The molecule has 0 amide bonds. The zero-order chi connectivity index (χ0) is 15.1. The van der Waals surface area contributed by atoms with Gasteiger partial charge in [-0.05, 0) is 38.5 Å². The van der Waals surface area contributed by atoms with E-state index in [-0.39, 0.29) is 5.97 Å². The van der Waals surface area contributed by atoms with Crippen molar-refractivity contribution in [1.29, 1.82) is 0 Å². The topological polar surface area (TPSA) is 32.8 Å². The summed E-state index contributed by atoms with van der Waals surface area (Å²) in [4.78, 5) is 16.0. The van der Waals surface area contributed by atoms with Crippen LogP contribution >= 0.6 is 0 Å². The summed E-state index contributed by atoms with van der Waals surface area (Å²) in [5, 5.41) is 0. The molecule has 1 aromatic rings. The van der Waals surface area contributed by atoms with Gasteiger partial charge < -0.3 is 9.64 Å². The molecule has 0 bridgehead atoms. The average Bonchev–Trinajstić information content (AvgIpc) is 2.54. The van der Waals surface area contributed by atoms with E-state index in [0.717, 1.165) is 26.2 Å². The normalized spacial score (nSPS) is 17.1. The predicted octanol–water partition coefficient (Wildman–Crippen LogP) is 2.15. The number of carbonyl (C=O) groups excluding carboxylic acids is 1. The number of benzene rings is 1. The van der Waals surface area contributed by atoms with Gasteiger partial charge in [0.2, 0.25) is 0 Å². The highest BCUT2D eigenvalue weighted by molar-refractivity contribution is 5.69. The lowest BCUT2D eigenvalue weighted by molar-refractivity contribution is -0.141. The number of nitrogens with zero attached hydrogens (tertiary/aromatic N) is 2. The Morgan fingerprint density at radius 2 is 1.95 bits per heavy atom. The highest BCUT2D eigenvalue weighted by Gasteiger charge is 2.22. The van der Waals surface area contributed by atoms with E-state index in [1.807, 2.05) is 0 Å². The Morgan fingerprint density at radius 3 is 2.57 bits per heavy atom. The van der Waals surface area contributed by atoms with Crippen LogP contribution in [-0.4, -0.2) is 55.6 Å². The first kappa shape index (κ1) is 16.0. The maximum Gasteiger partial charge on any atom is 0.306 e. The maximum atomic E-state index is 11.2. The number of esters is 1. The van der Waals surface area contributed by atoms with Gasteiger partial charge in [-0.3, -0.25) is 9.69 Å². The first-order chi connectivity index (χ1) is 10.2. The Bertz CT molecular complexity index is 428. The summed E-state index contributed by atoms with van der Waals surface area (Å²) in [6, 6.07) is 11.2. The van der Waals surface area contributed by atoms with Crippen molar-refractivity contribution >= 4 is 5.97 Å². The average molecular weight is 290 g/mol. The van der Waals surface area contributed by atoms with Crippen LogP contribution in [0.25, 0.3) is 0 Å². The van der Waals surface area contributed by atoms with Gasteiger partial charge in [0.1, 0.15) is 0 Å². The van der Waals surface area contributed by atoms with Crippen LogP contribution in [0.3, 0.4) is 0 Å². The van der Waals surface area contributed by atoms with Gasteiger partial charge in [0.15, 0.2) is 0 Å². The van der Waals surface area contributed by atoms with E-state index >= 15 is 0 Å². The van der Waals surface area contributed by atoms with E-state index in [9.17, 15) is 4.79 Å². The molecule has 0 atom stereocenters. The standard InChI is InChI=1S/C17H26N2O2/c1-18(11-10-17(20)21-2)16-8-12-19(13-9-16)14-15-6-4-3-5-7-15/h3-7,16H,8-14H2,1-2H3. The molecule has 1 heterocycles. The number of ether oxygens (including phenoxy) is 1. The third-order valence-corrected chi connectivity index (χ3v) is 4.33. The van der Waals surface area contributed by atoms with E-state index in [0.29, 0.717) is 12.5 Å². The van der Waals surface area contributed by atoms with E-state index < -0.39 is 0 Å². The zero-order valence-electron chi connectivity index (χ0n) is 13.1. The van der Waals surface area contributed by atoms with E-state index in [2.05, 4.69) is 47.2 Å². The third-order valence-electron chi connectivity index (χ3n) is 4.33. The van der Waals surface area contributed by atoms with Gasteiger partial charge in [0.05, 0.1) is 13.5 Å². The first-order valence-corrected chi connectivity index (χ1v) is 7.72. The molecule has 116 valence electrons. The van der Waals surface area contributed by atoms with Crippen molar-refractivity contribution in [1.82, 2.24) is 9.80 Å². The third kappa shape index (κ3) is 5.14. The quantitative estimate of drug-likeness (QED) is 0.752. The molecule has 1 fully saturated rings. The Hall–Kier alpha value is -1.39. The number of likely N-dealkylation sites (tertiary alicyclic amines) is 1. The summed E-state index contributed by atoms with van der Waals surface area (Å²) in [6.45, 7) is 4.08. The van der Waals surface area contributed by atoms with E-state index in [1.54, 1.807) is 0 Å². The second kappa shape index (κ2) is 8.15. The Balaban J connectivity index is 1.71. The van der Waals surface area contributed by atoms with Crippen LogP contribution < -0.4 is 0 Å². The lowest BCUT2D eigenvalue weighted by atomic mass is 10.0. The zero-order valence-corrected chi connectivity index (χ0v) is 13.1. The molecule has 0 aromatic heterocycles. The largest absolute Gasteiger partial charge is 0.469 e. The van der Waals surface area contributed by atoms with Crippen LogP contribution in [0.4, 0.5) is 0 Å². The van der Waals surface area contributed by atoms with Crippen molar-refractivity contribution in [3.8, 4) is 0 Å². The molecule has 0 unspecified atom stereocenters. The molecule has 21 heavy (non-hydrogen) atoms. The van der Waals surface area contributed by atoms with Crippen molar-refractivity contribution in [2.75, 3.05) is 33.8 Å². The Morgan fingerprint density at radius 1 is 1.29 bits per heavy atom. The van der Waals surface area contributed by atoms with Crippen LogP contribution in [0.1, 0.15) is 24.8 Å². The highest BCUT2D eigenvalue weighted by Crippen LogP contribution is 2.17. The molecular weight excluding hydrogens is 264 g/mol. The van der Waals surface area contributed by atoms with E-state index in [4.69, 9.17) is 4.74 Å². The van der Waals surface area contributed by atoms with E-state index in [1.165, 1.54) is 25.5 Å². The fraction of sp³-hybridized carbons (Fsp3) is 0.588. The first-order valence-electron chi connectivity index (χ1n) is 7.72. The molecule has 1 aliphatic heterocycles. The van der Waals surface area contributed by atoms with Gasteiger partial charge >= 0.3 is 5.97 Å². The van der Waals surface area contributed by atoms with Crippen LogP contribution in [0.2, 0.25) is 0 Å². The van der Waals surface area contributed by atoms with Gasteiger partial charge in [-0.1, -0.05) is 30.3 Å². The SMILES string of the molecule is COC(=O)CCN(C)C1CCN(Cc2ccccc2)CC1. The highest BCUT2D eigenvalue weighted by atomic mass is 16.5. The summed E-state index contributed by atoms with van der Waals surface area (Å²) in [6.07, 6.45) is 2.83. The summed E-state index contributed by atoms with van der Waals surface area (Å²) < 4.78 is 4.70. The van der Waals surface area contributed by atoms with Crippen LogP contribution in [-0.2, 0) is 16.1 Å². The molecule has 2 rings (SSSR count). The minimum atomic E-state index is -0.122. The Kier molecular flexibility index (Phi) is 6.21. The van der Waals surface area contributed by atoms with Crippen molar-refractivity contribution in [3.63, 3.8) is 0 Å². The van der Waals surface area contributed by atoms with Crippen molar-refractivity contribution in [3.05, 3.63) is 35.9 Å². The minimum Gasteiger partial charge on any atom is -0.469 e. The summed E-state index contributed by atoms with van der Waals surface area (Å²) >= 11 is 0. The second-order valence-electron chi connectivity index (χ2n) is 5.80. The molecule has 4 heteroatoms. The summed E-state index contributed by atoms with van der Waals surface area (Å²) in [7, 11) is 3.56. The fourth-order valence-electron chi connectivity index (χ4n) is 2.91. The van der Waals surface area contributed by atoms with Crippen molar-refractivity contribution in [2.45, 2.75) is 31.8 Å². The number of hydrogen-bond donors (Lipinski definition) is 0. The minimum absolute atomic E-state index is 0.122. The fourth-order valence-corrected chi connectivity index (χ4v) is 2.91. The molecule has 4 nitrogen and oxygen atoms in total. The molecule has 0 radical (unpaired) electrons. The van der Waals surface area contributed by atoms with Gasteiger partial charge in [0.25, 0.3) is 0 Å². The molecule has 1 saturated heterocycles. The summed E-state index contributed by atoms with van der Waals surface area (Å²) in [5.74, 6) is -0.122. The van der Waals surface area contributed by atoms with Crippen LogP contribution in [0, 0.1) is 0 Å². The maximum absolute atomic E-state index is 11.2. The number of carbonyl (C=O) groups is 1. The molecule has 1 aromatic carbocycles. The van der Waals surface area contributed by atoms with Gasteiger partial charge in [-0.2, -0.15) is 0 Å². The van der Waals surface area contributed by atoms with Gasteiger partial charge in [-0.25, -0.2) is 0 Å². The molecule has 0 spiro atoms.